The molecule has 0 radical (unpaired) electrons. The van der Waals surface area contributed by atoms with Crippen LogP contribution in [0.2, 0.25) is 0 Å². The second-order valence-electron chi connectivity index (χ2n) is 3.46. The Morgan fingerprint density at radius 3 is 1.80 bits per heavy atom. The Balaban J connectivity index is 2.63. The lowest BCUT2D eigenvalue weighted by molar-refractivity contribution is -0.0460. The highest BCUT2D eigenvalue weighted by atomic mass is 15.5. The molecule has 1 N–H and O–H groups in total. The van der Waals surface area contributed by atoms with Crippen molar-refractivity contribution in [1.29, 1.82) is 0 Å². The first kappa shape index (κ1) is 7.98. The molecule has 3 nitrogen and oxygen atoms in total. The van der Waals surface area contributed by atoms with Gasteiger partial charge in [0.1, 0.15) is 0 Å². The molecule has 1 heterocycles. The van der Waals surface area contributed by atoms with Crippen molar-refractivity contribution in [3.05, 3.63) is 0 Å². The van der Waals surface area contributed by atoms with Crippen LogP contribution in [0.4, 0.5) is 0 Å². The van der Waals surface area contributed by atoms with E-state index in [1.165, 1.54) is 0 Å². The highest BCUT2D eigenvalue weighted by Crippen LogP contribution is 2.17. The van der Waals surface area contributed by atoms with E-state index in [0.717, 1.165) is 13.3 Å². The number of nitrogens with one attached hydrogen (secondary N) is 1. The summed E-state index contributed by atoms with van der Waals surface area (Å²) in [5, 5.41) is 3.29. The Morgan fingerprint density at radius 2 is 1.50 bits per heavy atom. The maximum absolute atomic E-state index is 3.29. The quantitative estimate of drug-likeness (QED) is 0.519. The SMILES string of the molecule is CN1CNCN(C)C1(C)C. The maximum Gasteiger partial charge on any atom is 0.0695 e. The fraction of sp³-hybridized carbons (Fsp3) is 1.00. The first-order chi connectivity index (χ1) is 4.55. The zero-order chi connectivity index (χ0) is 7.78. The predicted octanol–water partition coefficient (Wildman–Crippen LogP) is 0.104. The van der Waals surface area contributed by atoms with E-state index in [0.29, 0.717) is 0 Å². The molecule has 3 heteroatoms. The van der Waals surface area contributed by atoms with Crippen molar-refractivity contribution in [3.63, 3.8) is 0 Å². The number of hydrogen-bond donors (Lipinski definition) is 1. The van der Waals surface area contributed by atoms with Crippen LogP contribution in [0.1, 0.15) is 13.8 Å². The Labute approximate surface area is 63.0 Å². The van der Waals surface area contributed by atoms with Crippen LogP contribution in [-0.4, -0.2) is 42.9 Å². The lowest BCUT2D eigenvalue weighted by atomic mass is 10.2. The Hall–Kier alpha value is -0.120. The molecule has 1 saturated heterocycles. The van der Waals surface area contributed by atoms with Gasteiger partial charge in [-0.2, -0.15) is 0 Å². The van der Waals surface area contributed by atoms with Crippen LogP contribution in [0.25, 0.3) is 0 Å². The van der Waals surface area contributed by atoms with Gasteiger partial charge in [0.05, 0.1) is 19.0 Å². The molecule has 0 aliphatic carbocycles. The van der Waals surface area contributed by atoms with Gasteiger partial charge in [0.25, 0.3) is 0 Å². The van der Waals surface area contributed by atoms with Gasteiger partial charge < -0.3 is 0 Å². The van der Waals surface area contributed by atoms with E-state index in [2.05, 4.69) is 43.1 Å². The molecule has 10 heavy (non-hydrogen) atoms. The molecule has 0 aromatic carbocycles. The fourth-order valence-corrected chi connectivity index (χ4v) is 1.06. The third-order valence-electron chi connectivity index (χ3n) is 2.57. The molecule has 1 aliphatic heterocycles. The summed E-state index contributed by atoms with van der Waals surface area (Å²) >= 11 is 0. The normalized spacial score (nSPS) is 28.8. The van der Waals surface area contributed by atoms with Gasteiger partial charge in [0.2, 0.25) is 0 Å². The van der Waals surface area contributed by atoms with Crippen LogP contribution in [0, 0.1) is 0 Å². The van der Waals surface area contributed by atoms with Crippen LogP contribution < -0.4 is 5.32 Å². The summed E-state index contributed by atoms with van der Waals surface area (Å²) in [6, 6.07) is 0. The Kier molecular flexibility index (Phi) is 1.99. The van der Waals surface area contributed by atoms with Crippen molar-refractivity contribution < 1.29 is 0 Å². The standard InChI is InChI=1S/C7H17N3/c1-7(2)9(3)5-8-6-10(7)4/h8H,5-6H2,1-4H3. The van der Waals surface area contributed by atoms with Crippen molar-refractivity contribution in [1.82, 2.24) is 15.1 Å². The van der Waals surface area contributed by atoms with Gasteiger partial charge in [0.15, 0.2) is 0 Å². The molecule has 0 unspecified atom stereocenters. The molecular formula is C7H17N3. The smallest absolute Gasteiger partial charge is 0.0695 e. The summed E-state index contributed by atoms with van der Waals surface area (Å²) in [6.07, 6.45) is 0. The predicted molar refractivity (Wildman–Crippen MR) is 42.5 cm³/mol. The van der Waals surface area contributed by atoms with Gasteiger partial charge in [-0.15, -0.1) is 0 Å². The lowest BCUT2D eigenvalue weighted by Gasteiger charge is -2.47. The molecule has 0 atom stereocenters. The van der Waals surface area contributed by atoms with Crippen LogP contribution in [0.5, 0.6) is 0 Å². The molecule has 0 amide bonds. The third-order valence-corrected chi connectivity index (χ3v) is 2.57. The first-order valence-electron chi connectivity index (χ1n) is 3.68. The topological polar surface area (TPSA) is 18.5 Å². The van der Waals surface area contributed by atoms with Gasteiger partial charge in [-0.3, -0.25) is 15.1 Å². The molecule has 0 spiro atoms. The maximum atomic E-state index is 3.29. The largest absolute Gasteiger partial charge is 0.291 e. The van der Waals surface area contributed by atoms with E-state index in [-0.39, 0.29) is 5.66 Å². The molecule has 1 aliphatic rings. The lowest BCUT2D eigenvalue weighted by Crippen LogP contribution is -2.63. The number of hydrogen-bond acceptors (Lipinski definition) is 3. The average molecular weight is 143 g/mol. The number of rotatable bonds is 0. The van der Waals surface area contributed by atoms with E-state index >= 15 is 0 Å². The highest BCUT2D eigenvalue weighted by Gasteiger charge is 2.30. The van der Waals surface area contributed by atoms with E-state index in [9.17, 15) is 0 Å². The first-order valence-corrected chi connectivity index (χ1v) is 3.68. The molecule has 0 saturated carbocycles. The van der Waals surface area contributed by atoms with Crippen LogP contribution in [0.15, 0.2) is 0 Å². The Bertz CT molecular complexity index is 110. The van der Waals surface area contributed by atoms with Gasteiger partial charge in [-0.05, 0) is 27.9 Å². The van der Waals surface area contributed by atoms with Crippen molar-refractivity contribution >= 4 is 0 Å². The van der Waals surface area contributed by atoms with Crippen molar-refractivity contribution in [2.24, 2.45) is 0 Å². The van der Waals surface area contributed by atoms with Crippen molar-refractivity contribution in [3.8, 4) is 0 Å². The zero-order valence-electron chi connectivity index (χ0n) is 7.31. The molecule has 0 aromatic heterocycles. The van der Waals surface area contributed by atoms with Gasteiger partial charge in [-0.1, -0.05) is 0 Å². The summed E-state index contributed by atoms with van der Waals surface area (Å²) in [5.41, 5.74) is 0.200. The van der Waals surface area contributed by atoms with Crippen LogP contribution >= 0.6 is 0 Å². The fourth-order valence-electron chi connectivity index (χ4n) is 1.06. The Morgan fingerprint density at radius 1 is 1.10 bits per heavy atom. The molecule has 60 valence electrons. The third kappa shape index (κ3) is 1.17. The van der Waals surface area contributed by atoms with Crippen molar-refractivity contribution in [2.75, 3.05) is 27.4 Å². The summed E-state index contributed by atoms with van der Waals surface area (Å²) in [4.78, 5) is 4.58. The molecular weight excluding hydrogens is 126 g/mol. The van der Waals surface area contributed by atoms with Crippen molar-refractivity contribution in [2.45, 2.75) is 19.5 Å². The minimum atomic E-state index is 0.200. The van der Waals surface area contributed by atoms with E-state index in [1.54, 1.807) is 0 Å². The molecule has 1 rings (SSSR count). The highest BCUT2D eigenvalue weighted by molar-refractivity contribution is 4.80. The second kappa shape index (κ2) is 2.49. The molecule has 0 bridgehead atoms. The van der Waals surface area contributed by atoms with Gasteiger partial charge in [0, 0.05) is 0 Å². The van der Waals surface area contributed by atoms with Crippen LogP contribution in [-0.2, 0) is 0 Å². The van der Waals surface area contributed by atoms with Gasteiger partial charge in [-0.25, -0.2) is 0 Å². The molecule has 0 aromatic rings. The summed E-state index contributed by atoms with van der Waals surface area (Å²) < 4.78 is 0. The summed E-state index contributed by atoms with van der Waals surface area (Å²) in [7, 11) is 4.26. The summed E-state index contributed by atoms with van der Waals surface area (Å²) in [6.45, 7) is 6.43. The van der Waals surface area contributed by atoms with E-state index in [1.807, 2.05) is 0 Å². The van der Waals surface area contributed by atoms with E-state index < -0.39 is 0 Å². The van der Waals surface area contributed by atoms with Gasteiger partial charge >= 0.3 is 0 Å². The minimum absolute atomic E-state index is 0.200. The second-order valence-corrected chi connectivity index (χ2v) is 3.46. The zero-order valence-corrected chi connectivity index (χ0v) is 7.31. The monoisotopic (exact) mass is 143 g/mol. The van der Waals surface area contributed by atoms with E-state index in [4.69, 9.17) is 0 Å². The average Bonchev–Trinajstić information content (AvgIpc) is 1.84. The summed E-state index contributed by atoms with van der Waals surface area (Å²) in [5.74, 6) is 0. The number of nitrogens with zero attached hydrogens (tertiary/aromatic N) is 2. The minimum Gasteiger partial charge on any atom is -0.291 e. The molecule has 1 fully saturated rings. The van der Waals surface area contributed by atoms with Crippen LogP contribution in [0.3, 0.4) is 0 Å².